The second-order valence-corrected chi connectivity index (χ2v) is 10.5. The van der Waals surface area contributed by atoms with Crippen molar-refractivity contribution < 1.29 is 9.13 Å². The van der Waals surface area contributed by atoms with Gasteiger partial charge in [0.15, 0.2) is 0 Å². The third-order valence-electron chi connectivity index (χ3n) is 7.41. The normalized spacial score (nSPS) is 16.9. The Kier molecular flexibility index (Phi) is 6.03. The molecule has 2 aliphatic heterocycles. The summed E-state index contributed by atoms with van der Waals surface area (Å²) in [5.41, 5.74) is 7.63. The van der Waals surface area contributed by atoms with Crippen molar-refractivity contribution in [3.63, 3.8) is 0 Å². The largest absolute Gasteiger partial charge is 0.378 e. The number of pyridine rings is 3. The fourth-order valence-electron chi connectivity index (χ4n) is 5.69. The topological polar surface area (TPSA) is 54.4 Å². The second kappa shape index (κ2) is 9.38. The standard InChI is InChI=1S/C30H32FN5O/c1-4-7-23-27(24-8-5-6-11-32-24)34-25-16-20(31)9-10-22(25)28(23)36-19-30(2,3)29-26(36)17-21(18-33-29)35-12-14-37-15-13-35/h5-6,8-11,16-18H,4,7,12-15,19H2,1-3H3. The summed E-state index contributed by atoms with van der Waals surface area (Å²) in [4.78, 5) is 19.3. The molecule has 3 aromatic heterocycles. The molecule has 37 heavy (non-hydrogen) atoms. The Hall–Kier alpha value is -3.58. The van der Waals surface area contributed by atoms with Crippen molar-refractivity contribution in [2.45, 2.75) is 39.0 Å². The van der Waals surface area contributed by atoms with Crippen LogP contribution in [0.1, 0.15) is 38.4 Å². The van der Waals surface area contributed by atoms with E-state index in [2.05, 4.69) is 41.6 Å². The van der Waals surface area contributed by atoms with E-state index in [9.17, 15) is 4.39 Å². The van der Waals surface area contributed by atoms with E-state index in [4.69, 9.17) is 14.7 Å². The van der Waals surface area contributed by atoms with Crippen LogP contribution in [0.4, 0.5) is 21.5 Å². The molecule has 0 spiro atoms. The van der Waals surface area contributed by atoms with Crippen LogP contribution >= 0.6 is 0 Å². The van der Waals surface area contributed by atoms with Gasteiger partial charge in [-0.05, 0) is 36.8 Å². The molecule has 0 atom stereocenters. The molecule has 6 nitrogen and oxygen atoms in total. The van der Waals surface area contributed by atoms with Gasteiger partial charge >= 0.3 is 0 Å². The van der Waals surface area contributed by atoms with E-state index in [1.54, 1.807) is 6.20 Å². The molecule has 0 saturated carbocycles. The summed E-state index contributed by atoms with van der Waals surface area (Å²) >= 11 is 0. The van der Waals surface area contributed by atoms with Gasteiger partial charge in [-0.25, -0.2) is 9.37 Å². The van der Waals surface area contributed by atoms with E-state index in [1.165, 1.54) is 12.1 Å². The van der Waals surface area contributed by atoms with Gasteiger partial charge in [-0.3, -0.25) is 9.97 Å². The van der Waals surface area contributed by atoms with Gasteiger partial charge in [0, 0.05) is 48.3 Å². The first kappa shape index (κ1) is 23.8. The molecule has 0 radical (unpaired) electrons. The van der Waals surface area contributed by atoms with E-state index in [0.717, 1.165) is 90.8 Å². The third-order valence-corrected chi connectivity index (χ3v) is 7.41. The number of hydrogen-bond donors (Lipinski definition) is 0. The number of hydrogen-bond acceptors (Lipinski definition) is 6. The summed E-state index contributed by atoms with van der Waals surface area (Å²) in [7, 11) is 0. The summed E-state index contributed by atoms with van der Waals surface area (Å²) in [6, 6.07) is 13.1. The average Bonchev–Trinajstić information content (AvgIpc) is 3.19. The molecule has 1 saturated heterocycles. The predicted molar refractivity (Wildman–Crippen MR) is 146 cm³/mol. The molecule has 2 aliphatic rings. The molecule has 0 bridgehead atoms. The first-order chi connectivity index (χ1) is 18.0. The van der Waals surface area contributed by atoms with Crippen molar-refractivity contribution in [1.29, 1.82) is 0 Å². The first-order valence-electron chi connectivity index (χ1n) is 13.1. The number of nitrogens with zero attached hydrogens (tertiary/aromatic N) is 5. The van der Waals surface area contributed by atoms with Gasteiger partial charge in [-0.2, -0.15) is 0 Å². The maximum atomic E-state index is 14.5. The highest BCUT2D eigenvalue weighted by Crippen LogP contribution is 2.48. The Balaban J connectivity index is 1.61. The highest BCUT2D eigenvalue weighted by Gasteiger charge is 2.39. The van der Waals surface area contributed by atoms with Gasteiger partial charge in [-0.15, -0.1) is 0 Å². The van der Waals surface area contributed by atoms with Crippen LogP contribution in [0, 0.1) is 5.82 Å². The maximum absolute atomic E-state index is 14.5. The lowest BCUT2D eigenvalue weighted by atomic mass is 9.91. The zero-order chi connectivity index (χ0) is 25.6. The minimum absolute atomic E-state index is 0.150. The molecule has 6 rings (SSSR count). The predicted octanol–water partition coefficient (Wildman–Crippen LogP) is 6.05. The smallest absolute Gasteiger partial charge is 0.125 e. The molecule has 1 fully saturated rings. The number of rotatable bonds is 5. The van der Waals surface area contributed by atoms with Crippen molar-refractivity contribution in [2.75, 3.05) is 42.6 Å². The van der Waals surface area contributed by atoms with Crippen LogP contribution in [0.25, 0.3) is 22.3 Å². The molecule has 4 aromatic rings. The van der Waals surface area contributed by atoms with Crippen LogP contribution in [0.5, 0.6) is 0 Å². The summed E-state index contributed by atoms with van der Waals surface area (Å²) < 4.78 is 20.0. The van der Waals surface area contributed by atoms with Crippen molar-refractivity contribution >= 4 is 28.0 Å². The Morgan fingerprint density at radius 3 is 2.65 bits per heavy atom. The number of halogens is 1. The van der Waals surface area contributed by atoms with Crippen molar-refractivity contribution in [3.8, 4) is 11.4 Å². The summed E-state index contributed by atoms with van der Waals surface area (Å²) in [6.45, 7) is 10.6. The Labute approximate surface area is 217 Å². The van der Waals surface area contributed by atoms with Crippen LogP contribution in [0.3, 0.4) is 0 Å². The van der Waals surface area contributed by atoms with Crippen LogP contribution in [-0.2, 0) is 16.6 Å². The van der Waals surface area contributed by atoms with E-state index in [0.29, 0.717) is 5.52 Å². The quantitative estimate of drug-likeness (QED) is 0.335. The van der Waals surface area contributed by atoms with Crippen molar-refractivity contribution in [3.05, 3.63) is 71.9 Å². The van der Waals surface area contributed by atoms with Gasteiger partial charge in [0.25, 0.3) is 0 Å². The van der Waals surface area contributed by atoms with E-state index < -0.39 is 0 Å². The molecule has 0 unspecified atom stereocenters. The average molecular weight is 498 g/mol. The summed E-state index contributed by atoms with van der Waals surface area (Å²) in [5.74, 6) is -0.292. The zero-order valence-electron chi connectivity index (χ0n) is 21.7. The lowest BCUT2D eigenvalue weighted by molar-refractivity contribution is 0.122. The Morgan fingerprint density at radius 2 is 1.89 bits per heavy atom. The number of morpholine rings is 1. The lowest BCUT2D eigenvalue weighted by Gasteiger charge is -2.30. The molecule has 0 aliphatic carbocycles. The number of aromatic nitrogens is 3. The molecule has 0 N–H and O–H groups in total. The Bertz CT molecular complexity index is 1450. The molecular weight excluding hydrogens is 465 g/mol. The molecule has 7 heteroatoms. The van der Waals surface area contributed by atoms with E-state index in [1.807, 2.05) is 30.5 Å². The van der Waals surface area contributed by atoms with E-state index >= 15 is 0 Å². The first-order valence-corrected chi connectivity index (χ1v) is 13.1. The number of fused-ring (bicyclic) bond motifs is 2. The van der Waals surface area contributed by atoms with Gasteiger partial charge in [-0.1, -0.05) is 33.3 Å². The Morgan fingerprint density at radius 1 is 1.05 bits per heavy atom. The molecule has 190 valence electrons. The zero-order valence-corrected chi connectivity index (χ0v) is 21.7. The highest BCUT2D eigenvalue weighted by atomic mass is 19.1. The maximum Gasteiger partial charge on any atom is 0.125 e. The SMILES string of the molecule is CCCc1c(-c2ccccn2)nc2cc(F)ccc2c1N1CC(C)(C)c2ncc(N3CCOCC3)cc21. The van der Waals surface area contributed by atoms with Crippen molar-refractivity contribution in [1.82, 2.24) is 15.0 Å². The molecule has 0 amide bonds. The fourth-order valence-corrected chi connectivity index (χ4v) is 5.69. The molecule has 5 heterocycles. The lowest BCUT2D eigenvalue weighted by Crippen LogP contribution is -2.36. The number of ether oxygens (including phenoxy) is 1. The van der Waals surface area contributed by atoms with E-state index in [-0.39, 0.29) is 11.2 Å². The van der Waals surface area contributed by atoms with Gasteiger partial charge in [0.1, 0.15) is 5.82 Å². The number of benzene rings is 1. The van der Waals surface area contributed by atoms with Gasteiger partial charge < -0.3 is 14.5 Å². The van der Waals surface area contributed by atoms with Crippen LogP contribution in [-0.4, -0.2) is 47.8 Å². The highest BCUT2D eigenvalue weighted by molar-refractivity contribution is 5.99. The summed E-state index contributed by atoms with van der Waals surface area (Å²) in [5, 5.41) is 0.949. The molecule has 1 aromatic carbocycles. The van der Waals surface area contributed by atoms with Crippen LogP contribution in [0.15, 0.2) is 54.9 Å². The monoisotopic (exact) mass is 497 g/mol. The number of anilines is 3. The van der Waals surface area contributed by atoms with Crippen LogP contribution in [0.2, 0.25) is 0 Å². The minimum Gasteiger partial charge on any atom is -0.378 e. The van der Waals surface area contributed by atoms with Crippen molar-refractivity contribution in [2.24, 2.45) is 0 Å². The molecular formula is C30H32FN5O. The fraction of sp³-hybridized carbons (Fsp3) is 0.367. The van der Waals surface area contributed by atoms with Gasteiger partial charge in [0.2, 0.25) is 0 Å². The van der Waals surface area contributed by atoms with Gasteiger partial charge in [0.05, 0.1) is 59.1 Å². The minimum atomic E-state index is -0.292. The van der Waals surface area contributed by atoms with Crippen LogP contribution < -0.4 is 9.80 Å². The third kappa shape index (κ3) is 4.21. The second-order valence-electron chi connectivity index (χ2n) is 10.5. The summed E-state index contributed by atoms with van der Waals surface area (Å²) in [6.07, 6.45) is 5.58.